The smallest absolute Gasteiger partial charge is 0.119 e. The summed E-state index contributed by atoms with van der Waals surface area (Å²) >= 11 is 0. The second-order valence-corrected chi connectivity index (χ2v) is 2.67. The number of rotatable bonds is 1. The van der Waals surface area contributed by atoms with Gasteiger partial charge in [0.15, 0.2) is 0 Å². The molecule has 0 heterocycles. The second kappa shape index (κ2) is 4.21. The van der Waals surface area contributed by atoms with E-state index in [-0.39, 0.29) is 12.4 Å². The van der Waals surface area contributed by atoms with E-state index in [9.17, 15) is 0 Å². The predicted octanol–water partition coefficient (Wildman–Crippen LogP) is 2.32. The first-order valence-electron chi connectivity index (χ1n) is 3.56. The first kappa shape index (κ1) is 11.1. The molecule has 0 spiro atoms. The fraction of sp³-hybridized carbons (Fsp3) is 0.333. The Bertz CT molecular complexity index is 250. The van der Waals surface area contributed by atoms with Crippen molar-refractivity contribution in [3.8, 4) is 5.75 Å². The zero-order valence-corrected chi connectivity index (χ0v) is 8.37. The van der Waals surface area contributed by atoms with Crippen LogP contribution in [0, 0.1) is 13.8 Å². The molecule has 2 nitrogen and oxygen atoms in total. The van der Waals surface area contributed by atoms with Crippen LogP contribution in [-0.2, 0) is 0 Å². The van der Waals surface area contributed by atoms with Crippen molar-refractivity contribution in [1.29, 1.82) is 0 Å². The third-order valence-electron chi connectivity index (χ3n) is 1.80. The SMILES string of the molecule is COc1cc(C)c(N)c(C)c1.Cl. The fourth-order valence-electron chi connectivity index (χ4n) is 1.05. The third-order valence-corrected chi connectivity index (χ3v) is 1.80. The molecule has 0 fully saturated rings. The average Bonchev–Trinajstić information content (AvgIpc) is 1.99. The standard InChI is InChI=1S/C9H13NO.ClH/c1-6-4-8(11-3)5-7(2)9(6)10;/h4-5H,10H2,1-3H3;1H. The Kier molecular flexibility index (Phi) is 3.90. The Morgan fingerprint density at radius 2 is 1.58 bits per heavy atom. The molecule has 0 saturated heterocycles. The summed E-state index contributed by atoms with van der Waals surface area (Å²) in [5.41, 5.74) is 8.74. The summed E-state index contributed by atoms with van der Waals surface area (Å²) in [7, 11) is 1.66. The highest BCUT2D eigenvalue weighted by Crippen LogP contribution is 2.22. The minimum Gasteiger partial charge on any atom is -0.497 e. The van der Waals surface area contributed by atoms with Crippen molar-refractivity contribution >= 4 is 18.1 Å². The lowest BCUT2D eigenvalue weighted by Crippen LogP contribution is -1.94. The molecule has 0 aliphatic rings. The number of methoxy groups -OCH3 is 1. The molecule has 0 radical (unpaired) electrons. The molecule has 68 valence electrons. The van der Waals surface area contributed by atoms with Crippen molar-refractivity contribution in [3.63, 3.8) is 0 Å². The van der Waals surface area contributed by atoms with E-state index < -0.39 is 0 Å². The van der Waals surface area contributed by atoms with E-state index in [1.807, 2.05) is 26.0 Å². The molecule has 0 saturated carbocycles. The molecule has 0 atom stereocenters. The van der Waals surface area contributed by atoms with Gasteiger partial charge in [-0.3, -0.25) is 0 Å². The lowest BCUT2D eigenvalue weighted by molar-refractivity contribution is 0.414. The molecule has 0 amide bonds. The molecule has 2 N–H and O–H groups in total. The van der Waals surface area contributed by atoms with Crippen LogP contribution in [0.25, 0.3) is 0 Å². The molecule has 12 heavy (non-hydrogen) atoms. The van der Waals surface area contributed by atoms with Crippen LogP contribution in [0.5, 0.6) is 5.75 Å². The Balaban J connectivity index is 0.00000121. The number of hydrogen-bond donors (Lipinski definition) is 1. The molecular weight excluding hydrogens is 174 g/mol. The summed E-state index contributed by atoms with van der Waals surface area (Å²) in [6.45, 7) is 3.95. The van der Waals surface area contributed by atoms with Gasteiger partial charge in [0.1, 0.15) is 5.75 Å². The number of benzene rings is 1. The van der Waals surface area contributed by atoms with Crippen LogP contribution in [0.3, 0.4) is 0 Å². The highest BCUT2D eigenvalue weighted by Gasteiger charge is 2.00. The van der Waals surface area contributed by atoms with Gasteiger partial charge in [0, 0.05) is 5.69 Å². The largest absolute Gasteiger partial charge is 0.497 e. The maximum Gasteiger partial charge on any atom is 0.119 e. The van der Waals surface area contributed by atoms with E-state index in [4.69, 9.17) is 10.5 Å². The molecule has 3 heteroatoms. The van der Waals surface area contributed by atoms with Gasteiger partial charge >= 0.3 is 0 Å². The van der Waals surface area contributed by atoms with E-state index in [1.54, 1.807) is 7.11 Å². The Morgan fingerprint density at radius 3 is 1.92 bits per heavy atom. The van der Waals surface area contributed by atoms with Crippen LogP contribution in [0.15, 0.2) is 12.1 Å². The minimum absolute atomic E-state index is 0. The lowest BCUT2D eigenvalue weighted by Gasteiger charge is -2.06. The molecule has 0 aliphatic carbocycles. The zero-order chi connectivity index (χ0) is 8.43. The monoisotopic (exact) mass is 187 g/mol. The number of nitrogen functional groups attached to an aromatic ring is 1. The van der Waals surface area contributed by atoms with Crippen molar-refractivity contribution in [1.82, 2.24) is 0 Å². The molecular formula is C9H14ClNO. The van der Waals surface area contributed by atoms with Gasteiger partial charge in [0.2, 0.25) is 0 Å². The topological polar surface area (TPSA) is 35.2 Å². The van der Waals surface area contributed by atoms with Gasteiger partial charge in [-0.1, -0.05) is 0 Å². The fourth-order valence-corrected chi connectivity index (χ4v) is 1.05. The van der Waals surface area contributed by atoms with Crippen LogP contribution >= 0.6 is 12.4 Å². The van der Waals surface area contributed by atoms with Gasteiger partial charge in [-0.2, -0.15) is 0 Å². The van der Waals surface area contributed by atoms with Gasteiger partial charge in [0.25, 0.3) is 0 Å². The summed E-state index contributed by atoms with van der Waals surface area (Å²) < 4.78 is 5.08. The quantitative estimate of drug-likeness (QED) is 0.685. The second-order valence-electron chi connectivity index (χ2n) is 2.67. The first-order chi connectivity index (χ1) is 5.15. The summed E-state index contributed by atoms with van der Waals surface area (Å²) in [5.74, 6) is 0.870. The number of nitrogens with two attached hydrogens (primary N) is 1. The molecule has 0 aliphatic heterocycles. The number of halogens is 1. The van der Waals surface area contributed by atoms with Crippen LogP contribution in [0.4, 0.5) is 5.69 Å². The van der Waals surface area contributed by atoms with Gasteiger partial charge in [-0.05, 0) is 37.1 Å². The molecule has 0 bridgehead atoms. The van der Waals surface area contributed by atoms with Crippen molar-refractivity contribution < 1.29 is 4.74 Å². The minimum atomic E-state index is 0. The predicted molar refractivity (Wildman–Crippen MR) is 54.1 cm³/mol. The van der Waals surface area contributed by atoms with Crippen LogP contribution in [0.1, 0.15) is 11.1 Å². The molecule has 1 aromatic rings. The third kappa shape index (κ3) is 2.05. The Morgan fingerprint density at radius 1 is 1.17 bits per heavy atom. The Labute approximate surface area is 79.1 Å². The van der Waals surface area contributed by atoms with E-state index in [1.165, 1.54) is 0 Å². The summed E-state index contributed by atoms with van der Waals surface area (Å²) in [6, 6.07) is 3.87. The molecule has 1 rings (SSSR count). The van der Waals surface area contributed by atoms with Gasteiger partial charge < -0.3 is 10.5 Å². The summed E-state index contributed by atoms with van der Waals surface area (Å²) in [6.07, 6.45) is 0. The summed E-state index contributed by atoms with van der Waals surface area (Å²) in [5, 5.41) is 0. The van der Waals surface area contributed by atoms with Crippen molar-refractivity contribution in [2.24, 2.45) is 0 Å². The molecule has 1 aromatic carbocycles. The molecule has 0 unspecified atom stereocenters. The van der Waals surface area contributed by atoms with Crippen molar-refractivity contribution in [2.45, 2.75) is 13.8 Å². The van der Waals surface area contributed by atoms with Gasteiger partial charge in [-0.15, -0.1) is 12.4 Å². The maximum absolute atomic E-state index is 5.75. The number of aryl methyl sites for hydroxylation is 2. The summed E-state index contributed by atoms with van der Waals surface area (Å²) in [4.78, 5) is 0. The first-order valence-corrected chi connectivity index (χ1v) is 3.56. The van der Waals surface area contributed by atoms with Crippen LogP contribution in [-0.4, -0.2) is 7.11 Å². The van der Waals surface area contributed by atoms with Gasteiger partial charge in [0.05, 0.1) is 7.11 Å². The highest BCUT2D eigenvalue weighted by molar-refractivity contribution is 5.85. The number of anilines is 1. The van der Waals surface area contributed by atoms with Crippen molar-refractivity contribution in [2.75, 3.05) is 12.8 Å². The van der Waals surface area contributed by atoms with E-state index in [0.29, 0.717) is 0 Å². The lowest BCUT2D eigenvalue weighted by atomic mass is 10.1. The maximum atomic E-state index is 5.75. The van der Waals surface area contributed by atoms with Crippen LogP contribution < -0.4 is 10.5 Å². The van der Waals surface area contributed by atoms with E-state index >= 15 is 0 Å². The van der Waals surface area contributed by atoms with E-state index in [2.05, 4.69) is 0 Å². The Hall–Kier alpha value is -0.890. The molecule has 0 aromatic heterocycles. The average molecular weight is 188 g/mol. The van der Waals surface area contributed by atoms with E-state index in [0.717, 1.165) is 22.6 Å². The zero-order valence-electron chi connectivity index (χ0n) is 7.55. The normalized spacial score (nSPS) is 8.92. The van der Waals surface area contributed by atoms with Crippen LogP contribution in [0.2, 0.25) is 0 Å². The van der Waals surface area contributed by atoms with Crippen molar-refractivity contribution in [3.05, 3.63) is 23.3 Å². The van der Waals surface area contributed by atoms with Gasteiger partial charge in [-0.25, -0.2) is 0 Å². The highest BCUT2D eigenvalue weighted by atomic mass is 35.5. The number of ether oxygens (including phenoxy) is 1. The number of hydrogen-bond acceptors (Lipinski definition) is 2.